The molecule has 0 radical (unpaired) electrons. The Bertz CT molecular complexity index is 1650. The fourth-order valence-corrected chi connectivity index (χ4v) is 4.76. The number of hydrogen-bond acceptors (Lipinski definition) is 5. The van der Waals surface area contributed by atoms with Crippen molar-refractivity contribution >= 4 is 23.4 Å². The normalized spacial score (nSPS) is 13.3. The number of H-pyrrole nitrogens is 1. The van der Waals surface area contributed by atoms with Gasteiger partial charge in [-0.3, -0.25) is 14.6 Å². The summed E-state index contributed by atoms with van der Waals surface area (Å²) in [6.45, 7) is 2.91. The highest BCUT2D eigenvalue weighted by Gasteiger charge is 2.33. The predicted molar refractivity (Wildman–Crippen MR) is 144 cm³/mol. The number of nitrogens with zero attached hydrogens (tertiary/aromatic N) is 5. The molecule has 1 saturated heterocycles. The molecule has 11 heteroatoms. The second-order valence-electron chi connectivity index (χ2n) is 8.87. The van der Waals surface area contributed by atoms with Crippen LogP contribution in [0.3, 0.4) is 0 Å². The molecule has 0 saturated carbocycles. The number of aryl methyl sites for hydroxylation is 1. The first-order valence-corrected chi connectivity index (χ1v) is 12.2. The topological polar surface area (TPSA) is 125 Å². The monoisotopic (exact) mass is 513 g/mol. The van der Waals surface area contributed by atoms with E-state index in [2.05, 4.69) is 15.4 Å². The standard InChI is InChI=1S/C27H27N7O4/c1-4-21-22(17-8-10-19(11-9-17)34-25(36)30-31(3)26(34)37)12-13-29-23(21)33-15-14-32(27(33)38)20-7-5-6-18(16-20)24(35)28-2/h5-13,16H,4,14-15H2,1-3H3,(H,28,35)(H,30,36). The Labute approximate surface area is 217 Å². The van der Waals surface area contributed by atoms with Crippen LogP contribution in [0.1, 0.15) is 22.8 Å². The van der Waals surface area contributed by atoms with Gasteiger partial charge in [-0.25, -0.2) is 33.7 Å². The average molecular weight is 514 g/mol. The SMILES string of the molecule is CCc1c(-c2ccc(-n3c(=O)[nH]n(C)c3=O)cc2)ccnc1N1CCN(c2cccc(C(=O)NC)c2)C1=O. The Morgan fingerprint density at radius 1 is 1.00 bits per heavy atom. The maximum Gasteiger partial charge on any atom is 0.351 e. The van der Waals surface area contributed by atoms with E-state index in [0.717, 1.165) is 25.9 Å². The fourth-order valence-electron chi connectivity index (χ4n) is 4.76. The van der Waals surface area contributed by atoms with E-state index < -0.39 is 11.4 Å². The van der Waals surface area contributed by atoms with Crippen LogP contribution in [0.5, 0.6) is 0 Å². The number of carbonyl (C=O) groups is 2. The number of amides is 3. The molecule has 0 aliphatic carbocycles. The molecular weight excluding hydrogens is 486 g/mol. The lowest BCUT2D eigenvalue weighted by molar-refractivity contribution is 0.0963. The van der Waals surface area contributed by atoms with Crippen LogP contribution >= 0.6 is 0 Å². The number of urea groups is 1. The van der Waals surface area contributed by atoms with Crippen LogP contribution in [0.2, 0.25) is 0 Å². The Hall–Kier alpha value is -4.93. The van der Waals surface area contributed by atoms with Crippen molar-refractivity contribution in [3.63, 3.8) is 0 Å². The van der Waals surface area contributed by atoms with E-state index in [0.29, 0.717) is 42.3 Å². The molecule has 11 nitrogen and oxygen atoms in total. The molecule has 38 heavy (non-hydrogen) atoms. The van der Waals surface area contributed by atoms with Crippen molar-refractivity contribution in [1.82, 2.24) is 24.6 Å². The summed E-state index contributed by atoms with van der Waals surface area (Å²) in [5.41, 5.74) is 3.30. The second kappa shape index (κ2) is 9.85. The minimum atomic E-state index is -0.511. The number of aromatic nitrogens is 4. The Morgan fingerprint density at radius 3 is 2.39 bits per heavy atom. The van der Waals surface area contributed by atoms with Gasteiger partial charge in [0.2, 0.25) is 0 Å². The molecule has 1 aliphatic rings. The smallest absolute Gasteiger partial charge is 0.351 e. The summed E-state index contributed by atoms with van der Waals surface area (Å²) >= 11 is 0. The van der Waals surface area contributed by atoms with E-state index in [-0.39, 0.29) is 11.9 Å². The van der Waals surface area contributed by atoms with E-state index in [1.54, 1.807) is 53.4 Å². The van der Waals surface area contributed by atoms with Crippen molar-refractivity contribution in [2.75, 3.05) is 29.9 Å². The van der Waals surface area contributed by atoms with Gasteiger partial charge in [-0.15, -0.1) is 0 Å². The largest absolute Gasteiger partial charge is 0.355 e. The van der Waals surface area contributed by atoms with Crippen LogP contribution < -0.4 is 26.5 Å². The van der Waals surface area contributed by atoms with Gasteiger partial charge in [-0.05, 0) is 53.9 Å². The zero-order chi connectivity index (χ0) is 27.0. The first-order chi connectivity index (χ1) is 18.3. The highest BCUT2D eigenvalue weighted by atomic mass is 16.2. The van der Waals surface area contributed by atoms with Gasteiger partial charge in [0.15, 0.2) is 0 Å². The molecule has 0 unspecified atom stereocenters. The zero-order valence-electron chi connectivity index (χ0n) is 21.3. The van der Waals surface area contributed by atoms with Crippen molar-refractivity contribution in [3.05, 3.63) is 92.9 Å². The van der Waals surface area contributed by atoms with Gasteiger partial charge in [0, 0.05) is 50.2 Å². The molecule has 5 rings (SSSR count). The van der Waals surface area contributed by atoms with Crippen LogP contribution in [0, 0.1) is 0 Å². The van der Waals surface area contributed by atoms with Crippen molar-refractivity contribution < 1.29 is 9.59 Å². The molecule has 0 spiro atoms. The number of aromatic amines is 1. The van der Waals surface area contributed by atoms with Crippen molar-refractivity contribution in [2.24, 2.45) is 7.05 Å². The molecule has 2 aromatic carbocycles. The van der Waals surface area contributed by atoms with E-state index in [9.17, 15) is 19.2 Å². The fraction of sp³-hybridized carbons (Fsp3) is 0.222. The molecule has 1 fully saturated rings. The Morgan fingerprint density at radius 2 is 1.74 bits per heavy atom. The van der Waals surface area contributed by atoms with Gasteiger partial charge in [-0.1, -0.05) is 25.1 Å². The first-order valence-electron chi connectivity index (χ1n) is 12.2. The van der Waals surface area contributed by atoms with Gasteiger partial charge in [0.25, 0.3) is 5.91 Å². The minimum absolute atomic E-state index is 0.212. The highest BCUT2D eigenvalue weighted by Crippen LogP contribution is 2.33. The molecule has 1 aliphatic heterocycles. The summed E-state index contributed by atoms with van der Waals surface area (Å²) in [7, 11) is 3.05. The summed E-state index contributed by atoms with van der Waals surface area (Å²) in [5.74, 6) is 0.366. The van der Waals surface area contributed by atoms with Crippen LogP contribution in [-0.2, 0) is 13.5 Å². The van der Waals surface area contributed by atoms with Crippen LogP contribution in [0.15, 0.2) is 70.4 Å². The first kappa shape index (κ1) is 24.8. The predicted octanol–water partition coefficient (Wildman–Crippen LogP) is 2.29. The van der Waals surface area contributed by atoms with Crippen LogP contribution in [-0.4, -0.2) is 51.4 Å². The number of anilines is 2. The second-order valence-corrected chi connectivity index (χ2v) is 8.87. The number of benzene rings is 2. The summed E-state index contributed by atoms with van der Waals surface area (Å²) in [6.07, 6.45) is 2.31. The number of hydrogen-bond donors (Lipinski definition) is 2. The molecule has 2 N–H and O–H groups in total. The third kappa shape index (κ3) is 4.17. The third-order valence-corrected chi connectivity index (χ3v) is 6.68. The van der Waals surface area contributed by atoms with E-state index >= 15 is 0 Å². The van der Waals surface area contributed by atoms with Crippen LogP contribution in [0.4, 0.5) is 16.3 Å². The highest BCUT2D eigenvalue weighted by molar-refractivity contribution is 6.07. The lowest BCUT2D eigenvalue weighted by Gasteiger charge is -2.22. The number of pyridine rings is 1. The Kier molecular flexibility index (Phi) is 6.41. The average Bonchev–Trinajstić information content (AvgIpc) is 3.45. The summed E-state index contributed by atoms with van der Waals surface area (Å²) in [5, 5.41) is 5.05. The van der Waals surface area contributed by atoms with E-state index in [1.807, 2.05) is 31.2 Å². The molecule has 0 bridgehead atoms. The molecule has 0 atom stereocenters. The molecule has 3 heterocycles. The van der Waals surface area contributed by atoms with Crippen molar-refractivity contribution in [3.8, 4) is 16.8 Å². The summed E-state index contributed by atoms with van der Waals surface area (Å²) in [6, 6.07) is 15.8. The van der Waals surface area contributed by atoms with Crippen molar-refractivity contribution in [2.45, 2.75) is 13.3 Å². The Balaban J connectivity index is 1.46. The lowest BCUT2D eigenvalue weighted by Crippen LogP contribution is -2.33. The zero-order valence-corrected chi connectivity index (χ0v) is 21.3. The van der Waals surface area contributed by atoms with E-state index in [1.165, 1.54) is 7.05 Å². The maximum absolute atomic E-state index is 13.5. The maximum atomic E-state index is 13.5. The molecular formula is C27H27N7O4. The minimum Gasteiger partial charge on any atom is -0.355 e. The lowest BCUT2D eigenvalue weighted by atomic mass is 9.98. The number of nitrogens with one attached hydrogen (secondary N) is 2. The van der Waals surface area contributed by atoms with E-state index in [4.69, 9.17) is 0 Å². The van der Waals surface area contributed by atoms with Crippen LogP contribution in [0.25, 0.3) is 16.8 Å². The molecule has 4 aromatic rings. The third-order valence-electron chi connectivity index (χ3n) is 6.68. The van der Waals surface area contributed by atoms with Gasteiger partial charge >= 0.3 is 17.4 Å². The summed E-state index contributed by atoms with van der Waals surface area (Å²) < 4.78 is 2.20. The molecule has 194 valence electrons. The van der Waals surface area contributed by atoms with Crippen molar-refractivity contribution in [1.29, 1.82) is 0 Å². The van der Waals surface area contributed by atoms with Gasteiger partial charge in [-0.2, -0.15) is 0 Å². The molecule has 3 amide bonds. The van der Waals surface area contributed by atoms with Gasteiger partial charge < -0.3 is 5.32 Å². The summed E-state index contributed by atoms with van der Waals surface area (Å²) in [4.78, 5) is 57.9. The van der Waals surface area contributed by atoms with Gasteiger partial charge in [0.1, 0.15) is 5.82 Å². The number of carbonyl (C=O) groups excluding carboxylic acids is 2. The number of rotatable bonds is 6. The quantitative estimate of drug-likeness (QED) is 0.409. The molecule has 2 aromatic heterocycles. The van der Waals surface area contributed by atoms with Gasteiger partial charge in [0.05, 0.1) is 5.69 Å².